The van der Waals surface area contributed by atoms with Crippen molar-refractivity contribution in [1.29, 1.82) is 0 Å². The van der Waals surface area contributed by atoms with E-state index < -0.39 is 47.4 Å². The molecule has 1 aliphatic rings. The van der Waals surface area contributed by atoms with Crippen LogP contribution in [-0.4, -0.2) is 65.9 Å². The van der Waals surface area contributed by atoms with E-state index in [-0.39, 0.29) is 43.4 Å². The molecule has 416 valence electrons. The van der Waals surface area contributed by atoms with Crippen molar-refractivity contribution < 1.29 is 48.5 Å². The standard InChI is InChI=1S/C20H16ClFN2O3S.C20H23ClN2O3S.C17H19ClN2O3S/c21-16-4-2-1-3-15(16)17-11-28-20(23-17)24-19(27)13(10-18(25)26)9-12-5-7-14(22)8-6-12;21-16-9-5-4-8-15(16)17-12-27-20(22-17)23-19(26)14(11-18(24)25)10-13-6-2-1-3-7-13;1-10(2)7-11(8-15(21)22)16(23)20-17-19-14(9-24-17)12-5-3-4-6-13(12)18/h1-8,11,13H,9-10H2,(H,25,26)(H,23,24,27);4-5,8-9,12-14H,1-3,6-7,10-11H2,(H,24,25)(H,22,23,26);3-6,9-11H,7-8H2,1-2H3,(H,21,22)(H,19,20,23)/t13-;14-;11-/m111/s1. The Morgan fingerprint density at radius 3 is 1.30 bits per heavy atom. The molecule has 4 aromatic carbocycles. The van der Waals surface area contributed by atoms with Crippen LogP contribution in [0.4, 0.5) is 19.8 Å². The topological polar surface area (TPSA) is 238 Å². The van der Waals surface area contributed by atoms with Crippen LogP contribution < -0.4 is 16.0 Å². The maximum atomic E-state index is 13.1. The number of amides is 3. The van der Waals surface area contributed by atoms with Gasteiger partial charge >= 0.3 is 17.9 Å². The second kappa shape index (κ2) is 30.7. The summed E-state index contributed by atoms with van der Waals surface area (Å²) in [5, 5.41) is 43.9. The van der Waals surface area contributed by atoms with Crippen LogP contribution in [0.15, 0.2) is 113 Å². The van der Waals surface area contributed by atoms with Gasteiger partial charge in [-0.2, -0.15) is 0 Å². The van der Waals surface area contributed by atoms with Crippen molar-refractivity contribution in [3.63, 3.8) is 0 Å². The Balaban J connectivity index is 0.000000192. The van der Waals surface area contributed by atoms with E-state index in [1.165, 1.54) is 77.5 Å². The van der Waals surface area contributed by atoms with Gasteiger partial charge < -0.3 is 31.3 Å². The molecular weight excluding hydrogens is 1130 g/mol. The number of carboxylic acids is 3. The number of carboxylic acid groups (broad SMARTS) is 3. The lowest BCUT2D eigenvalue weighted by atomic mass is 9.81. The van der Waals surface area contributed by atoms with Crippen LogP contribution in [0.2, 0.25) is 15.1 Å². The van der Waals surface area contributed by atoms with E-state index in [1.807, 2.05) is 79.2 Å². The zero-order chi connectivity index (χ0) is 57.0. The number of carbonyl (C=O) groups is 6. The molecule has 7 aromatic rings. The second-order valence-corrected chi connectivity index (χ2v) is 22.9. The Kier molecular flexibility index (Phi) is 23.9. The number of hydrogen-bond donors (Lipinski definition) is 6. The van der Waals surface area contributed by atoms with E-state index in [4.69, 9.17) is 45.0 Å². The van der Waals surface area contributed by atoms with Crippen LogP contribution in [0.1, 0.15) is 83.6 Å². The van der Waals surface area contributed by atoms with E-state index >= 15 is 0 Å². The first-order chi connectivity index (χ1) is 37.8. The van der Waals surface area contributed by atoms with Gasteiger partial charge in [-0.25, -0.2) is 19.3 Å². The van der Waals surface area contributed by atoms with Crippen molar-refractivity contribution in [1.82, 2.24) is 15.0 Å². The average molecular weight is 1190 g/mol. The SMILES string of the molecule is CC(C)C[C@H](CC(=O)O)C(=O)Nc1nc(-c2ccccc2Cl)cs1.O=C(O)C[C@@H](CC1CCCCC1)C(=O)Nc1nc(-c2ccccc2Cl)cs1.O=C(O)C[C@@H](Cc1ccc(F)cc1)C(=O)Nc1nc(-c2ccccc2Cl)cs1. The highest BCUT2D eigenvalue weighted by atomic mass is 35.5. The van der Waals surface area contributed by atoms with Gasteiger partial charge in [0.05, 0.1) is 42.3 Å². The van der Waals surface area contributed by atoms with Crippen LogP contribution in [0.5, 0.6) is 0 Å². The molecule has 79 heavy (non-hydrogen) atoms. The van der Waals surface area contributed by atoms with Gasteiger partial charge in [0, 0.05) is 59.7 Å². The van der Waals surface area contributed by atoms with Crippen molar-refractivity contribution in [2.45, 2.75) is 84.5 Å². The molecular formula is C57H58Cl3FN6O9S3. The number of halogens is 4. The number of thiazole rings is 3. The third kappa shape index (κ3) is 19.9. The van der Waals surface area contributed by atoms with Gasteiger partial charge in [-0.05, 0) is 67.0 Å². The summed E-state index contributed by atoms with van der Waals surface area (Å²) in [6, 6.07) is 27.6. The van der Waals surface area contributed by atoms with Gasteiger partial charge in [0.1, 0.15) is 5.82 Å². The lowest BCUT2D eigenvalue weighted by Gasteiger charge is -2.25. The van der Waals surface area contributed by atoms with Crippen LogP contribution in [0.3, 0.4) is 0 Å². The minimum Gasteiger partial charge on any atom is -0.481 e. The molecule has 8 rings (SSSR count). The van der Waals surface area contributed by atoms with Gasteiger partial charge in [0.25, 0.3) is 0 Å². The lowest BCUT2D eigenvalue weighted by Crippen LogP contribution is -2.27. The third-order valence-electron chi connectivity index (χ3n) is 12.5. The molecule has 0 unspecified atom stereocenters. The Bertz CT molecular complexity index is 3180. The highest BCUT2D eigenvalue weighted by molar-refractivity contribution is 7.14. The molecule has 3 heterocycles. The van der Waals surface area contributed by atoms with Gasteiger partial charge in [0.2, 0.25) is 17.7 Å². The van der Waals surface area contributed by atoms with Crippen LogP contribution in [0, 0.1) is 35.4 Å². The Morgan fingerprint density at radius 1 is 0.544 bits per heavy atom. The molecule has 1 saturated carbocycles. The maximum absolute atomic E-state index is 13.1. The summed E-state index contributed by atoms with van der Waals surface area (Å²) >= 11 is 22.4. The molecule has 0 aliphatic heterocycles. The number of carbonyl (C=O) groups excluding carboxylic acids is 3. The molecule has 3 aromatic heterocycles. The molecule has 3 atom stereocenters. The fourth-order valence-corrected chi connectivity index (χ4v) is 11.6. The molecule has 15 nitrogen and oxygen atoms in total. The molecule has 0 spiro atoms. The minimum absolute atomic E-state index is 0.148. The molecule has 0 bridgehead atoms. The Hall–Kier alpha value is -6.61. The van der Waals surface area contributed by atoms with E-state index in [0.717, 1.165) is 29.5 Å². The summed E-state index contributed by atoms with van der Waals surface area (Å²) in [7, 11) is 0. The van der Waals surface area contributed by atoms with Crippen molar-refractivity contribution in [3.05, 3.63) is 140 Å². The quantitative estimate of drug-likeness (QED) is 0.0394. The smallest absolute Gasteiger partial charge is 0.304 e. The first kappa shape index (κ1) is 61.6. The first-order valence-corrected chi connectivity index (χ1v) is 29.0. The predicted octanol–water partition coefficient (Wildman–Crippen LogP) is 14.9. The van der Waals surface area contributed by atoms with E-state index in [2.05, 4.69) is 30.9 Å². The molecule has 0 saturated heterocycles. The lowest BCUT2D eigenvalue weighted by molar-refractivity contribution is -0.141. The van der Waals surface area contributed by atoms with Crippen LogP contribution in [-0.2, 0) is 35.2 Å². The predicted molar refractivity (Wildman–Crippen MR) is 312 cm³/mol. The monoisotopic (exact) mass is 1190 g/mol. The number of aliphatic carboxylic acids is 3. The first-order valence-electron chi connectivity index (χ1n) is 25.2. The molecule has 1 aliphatic carbocycles. The normalized spacial score (nSPS) is 13.4. The number of benzene rings is 4. The molecule has 0 radical (unpaired) electrons. The van der Waals surface area contributed by atoms with Gasteiger partial charge in [-0.3, -0.25) is 28.8 Å². The zero-order valence-electron chi connectivity index (χ0n) is 43.0. The van der Waals surface area contributed by atoms with Gasteiger partial charge in [-0.15, -0.1) is 34.0 Å². The highest BCUT2D eigenvalue weighted by Gasteiger charge is 2.28. The maximum Gasteiger partial charge on any atom is 0.304 e. The number of aromatic nitrogens is 3. The third-order valence-corrected chi connectivity index (χ3v) is 15.8. The molecule has 6 N–H and O–H groups in total. The van der Waals surface area contributed by atoms with Crippen LogP contribution in [0.25, 0.3) is 33.8 Å². The van der Waals surface area contributed by atoms with E-state index in [1.54, 1.807) is 23.6 Å². The highest BCUT2D eigenvalue weighted by Crippen LogP contribution is 2.35. The number of nitrogens with one attached hydrogen (secondary N) is 3. The fraction of sp³-hybridized carbons (Fsp3) is 0.316. The molecule has 22 heteroatoms. The number of anilines is 3. The summed E-state index contributed by atoms with van der Waals surface area (Å²) in [5.74, 6) is -5.67. The summed E-state index contributed by atoms with van der Waals surface area (Å²) in [6.07, 6.45) is 6.37. The van der Waals surface area contributed by atoms with Crippen molar-refractivity contribution in [3.8, 4) is 33.8 Å². The van der Waals surface area contributed by atoms with Crippen molar-refractivity contribution in [2.75, 3.05) is 16.0 Å². The number of hydrogen-bond acceptors (Lipinski definition) is 12. The van der Waals surface area contributed by atoms with E-state index in [0.29, 0.717) is 71.9 Å². The fourth-order valence-electron chi connectivity index (χ4n) is 8.75. The summed E-state index contributed by atoms with van der Waals surface area (Å²) in [4.78, 5) is 84.2. The van der Waals surface area contributed by atoms with Crippen LogP contribution >= 0.6 is 68.8 Å². The van der Waals surface area contributed by atoms with Gasteiger partial charge in [0.15, 0.2) is 15.4 Å². The van der Waals surface area contributed by atoms with Crippen molar-refractivity contribution >= 4 is 120 Å². The Morgan fingerprint density at radius 2 is 0.911 bits per heavy atom. The average Bonchev–Trinajstić information content (AvgIpc) is 4.23. The summed E-state index contributed by atoms with van der Waals surface area (Å²) < 4.78 is 13.1. The minimum atomic E-state index is -1.09. The zero-order valence-corrected chi connectivity index (χ0v) is 47.7. The molecule has 1 fully saturated rings. The number of nitrogens with zero attached hydrogens (tertiary/aromatic N) is 3. The second-order valence-electron chi connectivity index (χ2n) is 19.1. The summed E-state index contributed by atoms with van der Waals surface area (Å²) in [6.45, 7) is 3.92. The molecule has 3 amide bonds. The largest absolute Gasteiger partial charge is 0.481 e. The summed E-state index contributed by atoms with van der Waals surface area (Å²) in [5.41, 5.74) is 5.02. The van der Waals surface area contributed by atoms with E-state index in [9.17, 15) is 38.3 Å². The van der Waals surface area contributed by atoms with Crippen molar-refractivity contribution in [2.24, 2.45) is 29.6 Å². The number of rotatable bonds is 21. The van der Waals surface area contributed by atoms with Gasteiger partial charge in [-0.1, -0.05) is 147 Å². The Labute approximate surface area is 483 Å².